The standard InChI is InChI=1S/C25H28F3N3O/c1-31(2)24(18-4-3-5-19(26)14-18)17-9-6-16(7-10-17)8-13-23-29-25(30-32-23)21-12-11-20(27)15-22(21)28/h3-5,11-12,14-17,24H,6-10,13H2,1-2H3. The predicted molar refractivity (Wildman–Crippen MR) is 116 cm³/mol. The predicted octanol–water partition coefficient (Wildman–Crippen LogP) is 6.20. The van der Waals surface area contributed by atoms with Crippen molar-refractivity contribution in [1.82, 2.24) is 15.0 Å². The van der Waals surface area contributed by atoms with Crippen molar-refractivity contribution in [3.05, 3.63) is 71.4 Å². The second kappa shape index (κ2) is 9.86. The molecular formula is C25H28F3N3O. The molecule has 1 aromatic heterocycles. The van der Waals surface area contributed by atoms with Gasteiger partial charge in [-0.2, -0.15) is 4.98 Å². The second-order valence-corrected chi connectivity index (χ2v) is 8.92. The van der Waals surface area contributed by atoms with Gasteiger partial charge in [-0.05, 0) is 75.0 Å². The molecule has 0 aliphatic heterocycles. The van der Waals surface area contributed by atoms with Gasteiger partial charge in [0.25, 0.3) is 0 Å². The van der Waals surface area contributed by atoms with Crippen molar-refractivity contribution in [2.45, 2.75) is 44.6 Å². The smallest absolute Gasteiger partial charge is 0.226 e. The van der Waals surface area contributed by atoms with Crippen LogP contribution in [0.4, 0.5) is 13.2 Å². The number of halogens is 3. The number of rotatable bonds is 7. The topological polar surface area (TPSA) is 42.2 Å². The Morgan fingerprint density at radius 3 is 2.44 bits per heavy atom. The highest BCUT2D eigenvalue weighted by Gasteiger charge is 2.30. The van der Waals surface area contributed by atoms with Gasteiger partial charge in [0, 0.05) is 18.5 Å². The Morgan fingerprint density at radius 2 is 1.75 bits per heavy atom. The minimum absolute atomic E-state index is 0.133. The van der Waals surface area contributed by atoms with Crippen LogP contribution in [-0.4, -0.2) is 29.1 Å². The van der Waals surface area contributed by atoms with Gasteiger partial charge in [0.1, 0.15) is 17.5 Å². The molecule has 1 fully saturated rings. The first-order valence-electron chi connectivity index (χ1n) is 11.1. The Bertz CT molecular complexity index is 1040. The van der Waals surface area contributed by atoms with Crippen LogP contribution in [0.2, 0.25) is 0 Å². The second-order valence-electron chi connectivity index (χ2n) is 8.92. The maximum Gasteiger partial charge on any atom is 0.226 e. The fraction of sp³-hybridized carbons (Fsp3) is 0.440. The van der Waals surface area contributed by atoms with E-state index in [1.165, 1.54) is 18.2 Å². The normalized spacial score (nSPS) is 19.9. The van der Waals surface area contributed by atoms with Gasteiger partial charge < -0.3 is 9.42 Å². The van der Waals surface area contributed by atoms with E-state index in [0.29, 0.717) is 24.1 Å². The molecule has 4 nitrogen and oxygen atoms in total. The lowest BCUT2D eigenvalue weighted by Gasteiger charge is -2.37. The molecule has 3 aromatic rings. The summed E-state index contributed by atoms with van der Waals surface area (Å²) in [4.78, 5) is 6.48. The SMILES string of the molecule is CN(C)C(c1cccc(F)c1)C1CCC(CCc2nc(-c3ccc(F)cc3F)no2)CC1. The number of hydrogen-bond acceptors (Lipinski definition) is 4. The van der Waals surface area contributed by atoms with Crippen LogP contribution in [0.5, 0.6) is 0 Å². The summed E-state index contributed by atoms with van der Waals surface area (Å²) in [6.45, 7) is 0. The van der Waals surface area contributed by atoms with Crippen LogP contribution in [0.3, 0.4) is 0 Å². The van der Waals surface area contributed by atoms with E-state index in [1.54, 1.807) is 12.1 Å². The highest BCUT2D eigenvalue weighted by atomic mass is 19.1. The zero-order valence-corrected chi connectivity index (χ0v) is 18.4. The van der Waals surface area contributed by atoms with E-state index in [2.05, 4.69) is 29.1 Å². The highest BCUT2D eigenvalue weighted by molar-refractivity contribution is 5.54. The largest absolute Gasteiger partial charge is 0.339 e. The molecule has 0 bridgehead atoms. The lowest BCUT2D eigenvalue weighted by molar-refractivity contribution is 0.145. The number of benzene rings is 2. The van der Waals surface area contributed by atoms with E-state index in [9.17, 15) is 13.2 Å². The Balaban J connectivity index is 1.32. The molecule has 1 aliphatic carbocycles. The van der Waals surface area contributed by atoms with E-state index in [4.69, 9.17) is 4.52 Å². The number of aryl methyl sites for hydroxylation is 1. The summed E-state index contributed by atoms with van der Waals surface area (Å²) in [6.07, 6.45) is 5.91. The van der Waals surface area contributed by atoms with Gasteiger partial charge in [0.05, 0.1) is 5.56 Å². The van der Waals surface area contributed by atoms with Gasteiger partial charge in [-0.3, -0.25) is 0 Å². The third-order valence-electron chi connectivity index (χ3n) is 6.49. The Morgan fingerprint density at radius 1 is 1.00 bits per heavy atom. The third kappa shape index (κ3) is 5.21. The minimum atomic E-state index is -0.704. The first kappa shape index (κ1) is 22.5. The van der Waals surface area contributed by atoms with E-state index in [-0.39, 0.29) is 23.2 Å². The van der Waals surface area contributed by atoms with E-state index in [1.807, 2.05) is 6.07 Å². The summed E-state index contributed by atoms with van der Waals surface area (Å²) in [5.74, 6) is 0.118. The van der Waals surface area contributed by atoms with Crippen LogP contribution >= 0.6 is 0 Å². The van der Waals surface area contributed by atoms with E-state index < -0.39 is 11.6 Å². The van der Waals surface area contributed by atoms with Crippen molar-refractivity contribution < 1.29 is 17.7 Å². The number of aromatic nitrogens is 2. The zero-order chi connectivity index (χ0) is 22.7. The van der Waals surface area contributed by atoms with E-state index >= 15 is 0 Å². The molecule has 0 spiro atoms. The third-order valence-corrected chi connectivity index (χ3v) is 6.49. The molecule has 1 saturated carbocycles. The molecule has 0 radical (unpaired) electrons. The maximum atomic E-state index is 13.9. The van der Waals surface area contributed by atoms with E-state index in [0.717, 1.165) is 43.7 Å². The molecule has 0 saturated heterocycles. The Kier molecular flexibility index (Phi) is 6.94. The van der Waals surface area contributed by atoms with Crippen LogP contribution in [-0.2, 0) is 6.42 Å². The van der Waals surface area contributed by atoms with Gasteiger partial charge in [0.2, 0.25) is 11.7 Å². The summed E-state index contributed by atoms with van der Waals surface area (Å²) >= 11 is 0. The number of hydrogen-bond donors (Lipinski definition) is 0. The van der Waals surface area contributed by atoms with Gasteiger partial charge >= 0.3 is 0 Å². The summed E-state index contributed by atoms with van der Waals surface area (Å²) in [5, 5.41) is 3.85. The molecule has 7 heteroatoms. The average Bonchev–Trinajstić information content (AvgIpc) is 3.22. The van der Waals surface area contributed by atoms with Crippen LogP contribution in [0, 0.1) is 29.3 Å². The number of nitrogens with zero attached hydrogens (tertiary/aromatic N) is 3. The summed E-state index contributed by atoms with van der Waals surface area (Å²) in [7, 11) is 4.11. The highest BCUT2D eigenvalue weighted by Crippen LogP contribution is 2.40. The Labute approximate surface area is 186 Å². The molecule has 4 rings (SSSR count). The zero-order valence-electron chi connectivity index (χ0n) is 18.4. The molecule has 1 atom stereocenters. The minimum Gasteiger partial charge on any atom is -0.339 e. The molecule has 1 unspecified atom stereocenters. The lowest BCUT2D eigenvalue weighted by atomic mass is 9.75. The van der Waals surface area contributed by atoms with Gasteiger partial charge in [0.15, 0.2) is 0 Å². The van der Waals surface area contributed by atoms with Gasteiger partial charge in [-0.1, -0.05) is 30.1 Å². The van der Waals surface area contributed by atoms with Crippen molar-refractivity contribution >= 4 is 0 Å². The average molecular weight is 444 g/mol. The Hall–Kier alpha value is -2.67. The molecule has 2 aromatic carbocycles. The molecule has 0 N–H and O–H groups in total. The van der Waals surface area contributed by atoms with Crippen molar-refractivity contribution in [2.75, 3.05) is 14.1 Å². The lowest BCUT2D eigenvalue weighted by Crippen LogP contribution is -2.30. The first-order chi connectivity index (χ1) is 15.4. The summed E-state index contributed by atoms with van der Waals surface area (Å²) in [5.41, 5.74) is 1.17. The molecule has 1 aliphatic rings. The molecule has 32 heavy (non-hydrogen) atoms. The van der Waals surface area contributed by atoms with Gasteiger partial charge in [-0.25, -0.2) is 13.2 Å². The van der Waals surface area contributed by atoms with Crippen molar-refractivity contribution in [1.29, 1.82) is 0 Å². The van der Waals surface area contributed by atoms with Crippen LogP contribution in [0.15, 0.2) is 47.0 Å². The maximum absolute atomic E-state index is 13.9. The first-order valence-corrected chi connectivity index (χ1v) is 11.1. The molecule has 1 heterocycles. The van der Waals surface area contributed by atoms with Crippen LogP contribution in [0.25, 0.3) is 11.4 Å². The monoisotopic (exact) mass is 443 g/mol. The summed E-state index contributed by atoms with van der Waals surface area (Å²) < 4.78 is 46.1. The van der Waals surface area contributed by atoms with Crippen molar-refractivity contribution in [3.8, 4) is 11.4 Å². The fourth-order valence-electron chi connectivity index (χ4n) is 4.94. The molecular weight excluding hydrogens is 415 g/mol. The van der Waals surface area contributed by atoms with Gasteiger partial charge in [-0.15, -0.1) is 0 Å². The molecule has 170 valence electrons. The fourth-order valence-corrected chi connectivity index (χ4v) is 4.94. The van der Waals surface area contributed by atoms with Crippen molar-refractivity contribution in [3.63, 3.8) is 0 Å². The molecule has 0 amide bonds. The van der Waals surface area contributed by atoms with Crippen LogP contribution in [0.1, 0.15) is 49.6 Å². The van der Waals surface area contributed by atoms with Crippen molar-refractivity contribution in [2.24, 2.45) is 11.8 Å². The quantitative estimate of drug-likeness (QED) is 0.436. The van der Waals surface area contributed by atoms with Crippen LogP contribution < -0.4 is 0 Å². The summed E-state index contributed by atoms with van der Waals surface area (Å²) in [6, 6.07) is 10.4.